The van der Waals surface area contributed by atoms with Crippen molar-refractivity contribution in [2.24, 2.45) is 5.41 Å². The van der Waals surface area contributed by atoms with Gasteiger partial charge < -0.3 is 10.0 Å². The smallest absolute Gasteiger partial charge is 0.240 e. The topological polar surface area (TPSA) is 40.5 Å². The first-order chi connectivity index (χ1) is 7.10. The van der Waals surface area contributed by atoms with Crippen LogP contribution in [0.2, 0.25) is 0 Å². The fourth-order valence-electron chi connectivity index (χ4n) is 3.15. The number of amides is 1. The summed E-state index contributed by atoms with van der Waals surface area (Å²) in [6.07, 6.45) is 4.12. The third-order valence-electron chi connectivity index (χ3n) is 4.02. The van der Waals surface area contributed by atoms with Crippen LogP contribution in [0.4, 0.5) is 0 Å². The van der Waals surface area contributed by atoms with Gasteiger partial charge in [0.05, 0.1) is 6.61 Å². The molecule has 1 heterocycles. The van der Waals surface area contributed by atoms with Crippen molar-refractivity contribution in [1.82, 2.24) is 4.90 Å². The minimum atomic E-state index is -0.444. The van der Waals surface area contributed by atoms with E-state index in [0.717, 1.165) is 32.2 Å². The van der Waals surface area contributed by atoms with Crippen LogP contribution in [0.15, 0.2) is 0 Å². The molecule has 15 heavy (non-hydrogen) atoms. The number of alkyl halides is 1. The minimum Gasteiger partial charge on any atom is -0.396 e. The Morgan fingerprint density at radius 2 is 2.40 bits per heavy atom. The van der Waals surface area contributed by atoms with E-state index >= 15 is 0 Å². The summed E-state index contributed by atoms with van der Waals surface area (Å²) in [6, 6.07) is 0.233. The predicted octanol–water partition coefficient (Wildman–Crippen LogP) is 1.38. The van der Waals surface area contributed by atoms with Gasteiger partial charge in [0, 0.05) is 18.0 Å². The van der Waals surface area contributed by atoms with Gasteiger partial charge in [0.15, 0.2) is 0 Å². The molecule has 0 spiro atoms. The van der Waals surface area contributed by atoms with Crippen molar-refractivity contribution in [1.29, 1.82) is 0 Å². The first kappa shape index (κ1) is 11.2. The van der Waals surface area contributed by atoms with Crippen LogP contribution in [0.3, 0.4) is 0 Å². The van der Waals surface area contributed by atoms with E-state index in [2.05, 4.69) is 0 Å². The highest BCUT2D eigenvalue weighted by Gasteiger charge is 2.51. The molecule has 0 aromatic heterocycles. The van der Waals surface area contributed by atoms with E-state index in [9.17, 15) is 9.90 Å². The third-order valence-corrected chi connectivity index (χ3v) is 4.21. The Morgan fingerprint density at radius 1 is 1.67 bits per heavy atom. The molecule has 0 bridgehead atoms. The second-order valence-electron chi connectivity index (χ2n) is 4.83. The van der Waals surface area contributed by atoms with Crippen LogP contribution in [-0.2, 0) is 4.79 Å². The van der Waals surface area contributed by atoms with Crippen molar-refractivity contribution in [3.63, 3.8) is 0 Å². The molecular formula is C11H18ClNO2. The van der Waals surface area contributed by atoms with Crippen LogP contribution >= 0.6 is 11.6 Å². The van der Waals surface area contributed by atoms with Crippen LogP contribution < -0.4 is 0 Å². The zero-order valence-electron chi connectivity index (χ0n) is 9.08. The summed E-state index contributed by atoms with van der Waals surface area (Å²) in [6.45, 7) is 2.69. The lowest BCUT2D eigenvalue weighted by atomic mass is 9.83. The lowest BCUT2D eigenvalue weighted by molar-refractivity contribution is -0.132. The molecule has 2 rings (SSSR count). The first-order valence-electron chi connectivity index (χ1n) is 5.66. The van der Waals surface area contributed by atoms with Crippen molar-refractivity contribution in [3.05, 3.63) is 0 Å². The van der Waals surface area contributed by atoms with Crippen molar-refractivity contribution < 1.29 is 9.90 Å². The van der Waals surface area contributed by atoms with E-state index in [0.29, 0.717) is 0 Å². The molecule has 3 atom stereocenters. The van der Waals surface area contributed by atoms with Gasteiger partial charge in [-0.1, -0.05) is 6.42 Å². The molecule has 1 saturated heterocycles. The van der Waals surface area contributed by atoms with Crippen molar-refractivity contribution >= 4 is 17.5 Å². The van der Waals surface area contributed by atoms with E-state index < -0.39 is 5.38 Å². The lowest BCUT2D eigenvalue weighted by Crippen LogP contribution is -2.43. The Morgan fingerprint density at radius 3 is 3.00 bits per heavy atom. The summed E-state index contributed by atoms with van der Waals surface area (Å²) in [7, 11) is 0. The average molecular weight is 232 g/mol. The molecule has 1 saturated carbocycles. The molecule has 0 aromatic carbocycles. The monoisotopic (exact) mass is 231 g/mol. The molecule has 86 valence electrons. The standard InChI is InChI=1S/C11H18ClNO2/c1-8(12)10(15)13-6-5-11(7-14)4-2-3-9(11)13/h8-9,14H,2-7H2,1H3/t8?,9-,11-/m1/s1. The predicted molar refractivity (Wildman–Crippen MR) is 58.8 cm³/mol. The SMILES string of the molecule is CC(Cl)C(=O)N1CC[C@@]2(CO)CCC[C@@H]12. The second kappa shape index (κ2) is 3.95. The molecule has 0 aromatic rings. The van der Waals surface area contributed by atoms with Crippen molar-refractivity contribution in [2.75, 3.05) is 13.2 Å². The molecule has 1 aliphatic heterocycles. The van der Waals surface area contributed by atoms with E-state index in [1.807, 2.05) is 4.90 Å². The first-order valence-corrected chi connectivity index (χ1v) is 6.10. The summed E-state index contributed by atoms with van der Waals surface area (Å²) in [5.74, 6) is 0.0268. The van der Waals surface area contributed by atoms with Crippen LogP contribution in [0.1, 0.15) is 32.6 Å². The Labute approximate surface area is 95.4 Å². The number of carbonyl (C=O) groups is 1. The highest BCUT2D eigenvalue weighted by atomic mass is 35.5. The number of hydrogen-bond acceptors (Lipinski definition) is 2. The van der Waals surface area contributed by atoms with Gasteiger partial charge >= 0.3 is 0 Å². The summed E-state index contributed by atoms with van der Waals surface area (Å²) >= 11 is 5.83. The molecule has 0 radical (unpaired) electrons. The van der Waals surface area contributed by atoms with Gasteiger partial charge in [0.1, 0.15) is 5.38 Å². The zero-order valence-corrected chi connectivity index (χ0v) is 9.83. The Kier molecular flexibility index (Phi) is 2.95. The van der Waals surface area contributed by atoms with Gasteiger partial charge in [0.2, 0.25) is 5.91 Å². The summed E-state index contributed by atoms with van der Waals surface area (Å²) in [5, 5.41) is 9.05. The largest absolute Gasteiger partial charge is 0.396 e. The van der Waals surface area contributed by atoms with Gasteiger partial charge in [-0.15, -0.1) is 11.6 Å². The Balaban J connectivity index is 2.15. The highest BCUT2D eigenvalue weighted by Crippen LogP contribution is 2.48. The lowest BCUT2D eigenvalue weighted by Gasteiger charge is -2.31. The van der Waals surface area contributed by atoms with Crippen LogP contribution in [0, 0.1) is 5.41 Å². The van der Waals surface area contributed by atoms with E-state index in [1.54, 1.807) is 6.92 Å². The number of aliphatic hydroxyl groups excluding tert-OH is 1. The van der Waals surface area contributed by atoms with E-state index in [4.69, 9.17) is 11.6 Å². The maximum Gasteiger partial charge on any atom is 0.240 e. The quantitative estimate of drug-likeness (QED) is 0.730. The minimum absolute atomic E-state index is 0.0125. The second-order valence-corrected chi connectivity index (χ2v) is 5.48. The summed E-state index contributed by atoms with van der Waals surface area (Å²) in [4.78, 5) is 13.7. The zero-order chi connectivity index (χ0) is 11.1. The number of fused-ring (bicyclic) bond motifs is 1. The fraction of sp³-hybridized carbons (Fsp3) is 0.909. The van der Waals surface area contributed by atoms with E-state index in [-0.39, 0.29) is 24.0 Å². The molecule has 4 heteroatoms. The molecule has 1 N–H and O–H groups in total. The number of rotatable bonds is 2. The number of nitrogens with zero attached hydrogens (tertiary/aromatic N) is 1. The van der Waals surface area contributed by atoms with Crippen LogP contribution in [0.25, 0.3) is 0 Å². The van der Waals surface area contributed by atoms with Crippen molar-refractivity contribution in [3.8, 4) is 0 Å². The molecule has 1 amide bonds. The fourth-order valence-corrected chi connectivity index (χ4v) is 3.28. The Hall–Kier alpha value is -0.280. The average Bonchev–Trinajstić information content (AvgIpc) is 2.74. The van der Waals surface area contributed by atoms with Crippen LogP contribution in [-0.4, -0.2) is 40.5 Å². The Bertz CT molecular complexity index is 269. The van der Waals surface area contributed by atoms with Crippen LogP contribution in [0.5, 0.6) is 0 Å². The highest BCUT2D eigenvalue weighted by molar-refractivity contribution is 6.30. The van der Waals surface area contributed by atoms with Gasteiger partial charge in [-0.3, -0.25) is 4.79 Å². The molecule has 1 aliphatic carbocycles. The maximum atomic E-state index is 11.9. The molecule has 3 nitrogen and oxygen atoms in total. The number of aliphatic hydroxyl groups is 1. The molecule has 1 unspecified atom stereocenters. The van der Waals surface area contributed by atoms with Crippen molar-refractivity contribution in [2.45, 2.75) is 44.0 Å². The molecular weight excluding hydrogens is 214 g/mol. The van der Waals surface area contributed by atoms with E-state index in [1.165, 1.54) is 0 Å². The van der Waals surface area contributed by atoms with Gasteiger partial charge in [0.25, 0.3) is 0 Å². The third kappa shape index (κ3) is 1.66. The summed E-state index contributed by atoms with van der Waals surface area (Å²) in [5.41, 5.74) is -0.0125. The summed E-state index contributed by atoms with van der Waals surface area (Å²) < 4.78 is 0. The normalized spacial score (nSPS) is 36.7. The maximum absolute atomic E-state index is 11.9. The van der Waals surface area contributed by atoms with Gasteiger partial charge in [-0.05, 0) is 26.2 Å². The molecule has 2 fully saturated rings. The number of carbonyl (C=O) groups excluding carboxylic acids is 1. The van der Waals surface area contributed by atoms with Gasteiger partial charge in [-0.25, -0.2) is 0 Å². The van der Waals surface area contributed by atoms with Gasteiger partial charge in [-0.2, -0.15) is 0 Å². The number of hydrogen-bond donors (Lipinski definition) is 1. The number of halogens is 1. The molecule has 2 aliphatic rings. The number of likely N-dealkylation sites (tertiary alicyclic amines) is 1.